The van der Waals surface area contributed by atoms with Gasteiger partial charge in [-0.3, -0.25) is 9.59 Å². The first-order chi connectivity index (χ1) is 9.75. The average molecular weight is 310 g/mol. The molecule has 0 aliphatic heterocycles. The summed E-state index contributed by atoms with van der Waals surface area (Å²) in [6, 6.07) is 5.44. The van der Waals surface area contributed by atoms with Crippen molar-refractivity contribution in [2.24, 2.45) is 0 Å². The maximum Gasteiger partial charge on any atom is 0.313 e. The van der Waals surface area contributed by atoms with E-state index >= 15 is 0 Å². The molecule has 0 aromatic heterocycles. The normalized spacial score (nSPS) is 13.4. The Labute approximate surface area is 129 Å². The first-order valence-corrected chi connectivity index (χ1v) is 8.02. The van der Waals surface area contributed by atoms with Crippen LogP contribution in [0.5, 0.6) is 0 Å². The van der Waals surface area contributed by atoms with Crippen molar-refractivity contribution in [1.29, 1.82) is 0 Å². The molecule has 0 bridgehead atoms. The molecule has 116 valence electrons. The number of nitrogens with one attached hydrogen (secondary N) is 2. The maximum atomic E-state index is 11.8. The van der Waals surface area contributed by atoms with Crippen LogP contribution < -0.4 is 10.6 Å². The van der Waals surface area contributed by atoms with E-state index in [2.05, 4.69) is 10.6 Å². The molecular weight excluding hydrogens is 288 g/mol. The number of hydrogen-bond acceptors (Lipinski definition) is 4. The standard InChI is InChI=1S/C15H22N2O3S/c1-10-5-6-12(7-11(10)2)17-14(19)13(18)16-8-15(3,20)9-21-4/h5-7,20H,8-9H2,1-4H3,(H,16,18)(H,17,19). The number of amides is 2. The van der Waals surface area contributed by atoms with Crippen LogP contribution in [0.25, 0.3) is 0 Å². The van der Waals surface area contributed by atoms with Crippen molar-refractivity contribution in [3.63, 3.8) is 0 Å². The van der Waals surface area contributed by atoms with Crippen molar-refractivity contribution >= 4 is 29.3 Å². The summed E-state index contributed by atoms with van der Waals surface area (Å²) < 4.78 is 0. The fraction of sp³-hybridized carbons (Fsp3) is 0.467. The lowest BCUT2D eigenvalue weighted by Gasteiger charge is -2.22. The van der Waals surface area contributed by atoms with Gasteiger partial charge in [0.1, 0.15) is 0 Å². The Morgan fingerprint density at radius 3 is 2.48 bits per heavy atom. The van der Waals surface area contributed by atoms with Crippen LogP contribution in [0.1, 0.15) is 18.1 Å². The number of carbonyl (C=O) groups is 2. The first-order valence-electron chi connectivity index (χ1n) is 6.63. The minimum atomic E-state index is -1.03. The summed E-state index contributed by atoms with van der Waals surface area (Å²) in [6.07, 6.45) is 1.86. The van der Waals surface area contributed by atoms with E-state index in [9.17, 15) is 14.7 Å². The Morgan fingerprint density at radius 1 is 1.24 bits per heavy atom. The highest BCUT2D eigenvalue weighted by atomic mass is 32.2. The van der Waals surface area contributed by atoms with Gasteiger partial charge in [-0.1, -0.05) is 6.07 Å². The topological polar surface area (TPSA) is 78.4 Å². The fourth-order valence-electron chi connectivity index (χ4n) is 1.72. The molecule has 1 atom stereocenters. The van der Waals surface area contributed by atoms with Crippen LogP contribution >= 0.6 is 11.8 Å². The number of hydrogen-bond donors (Lipinski definition) is 3. The van der Waals surface area contributed by atoms with Crippen molar-refractivity contribution < 1.29 is 14.7 Å². The third kappa shape index (κ3) is 5.77. The van der Waals surface area contributed by atoms with Gasteiger partial charge < -0.3 is 15.7 Å². The number of anilines is 1. The molecule has 6 heteroatoms. The second kappa shape index (κ2) is 7.47. The summed E-state index contributed by atoms with van der Waals surface area (Å²) in [6.45, 7) is 5.56. The smallest absolute Gasteiger partial charge is 0.313 e. The average Bonchev–Trinajstić information content (AvgIpc) is 2.40. The summed E-state index contributed by atoms with van der Waals surface area (Å²) in [5.74, 6) is -1.01. The Morgan fingerprint density at radius 2 is 1.90 bits per heavy atom. The molecular formula is C15H22N2O3S. The number of aliphatic hydroxyl groups is 1. The van der Waals surface area contributed by atoms with Gasteiger partial charge in [0.25, 0.3) is 0 Å². The van der Waals surface area contributed by atoms with Gasteiger partial charge in [-0.05, 0) is 50.3 Å². The van der Waals surface area contributed by atoms with E-state index in [0.717, 1.165) is 11.1 Å². The molecule has 5 nitrogen and oxygen atoms in total. The van der Waals surface area contributed by atoms with Crippen LogP contribution in [0, 0.1) is 13.8 Å². The lowest BCUT2D eigenvalue weighted by Crippen LogP contribution is -2.45. The second-order valence-electron chi connectivity index (χ2n) is 5.37. The Kier molecular flexibility index (Phi) is 6.23. The van der Waals surface area contributed by atoms with Gasteiger partial charge in [-0.2, -0.15) is 11.8 Å². The molecule has 0 heterocycles. The number of aryl methyl sites for hydroxylation is 2. The molecule has 1 aromatic rings. The van der Waals surface area contributed by atoms with Crippen LogP contribution in [0.15, 0.2) is 18.2 Å². The summed E-state index contributed by atoms with van der Waals surface area (Å²) in [7, 11) is 0. The highest BCUT2D eigenvalue weighted by molar-refractivity contribution is 7.98. The minimum Gasteiger partial charge on any atom is -0.387 e. The summed E-state index contributed by atoms with van der Waals surface area (Å²) in [4.78, 5) is 23.5. The Hall–Kier alpha value is -1.53. The predicted octanol–water partition coefficient (Wildman–Crippen LogP) is 1.47. The van der Waals surface area contributed by atoms with Crippen LogP contribution in [0.4, 0.5) is 5.69 Å². The van der Waals surface area contributed by atoms with E-state index in [0.29, 0.717) is 11.4 Å². The van der Waals surface area contributed by atoms with Gasteiger partial charge >= 0.3 is 11.8 Å². The molecule has 0 fully saturated rings. The van der Waals surface area contributed by atoms with Gasteiger partial charge in [0, 0.05) is 18.0 Å². The van der Waals surface area contributed by atoms with E-state index in [1.165, 1.54) is 11.8 Å². The summed E-state index contributed by atoms with van der Waals surface area (Å²) in [5.41, 5.74) is 1.70. The van der Waals surface area contributed by atoms with E-state index in [4.69, 9.17) is 0 Å². The molecule has 0 saturated carbocycles. The van der Waals surface area contributed by atoms with E-state index in [-0.39, 0.29) is 6.54 Å². The fourth-order valence-corrected chi connectivity index (χ4v) is 2.44. The second-order valence-corrected chi connectivity index (χ2v) is 6.23. The van der Waals surface area contributed by atoms with E-state index < -0.39 is 17.4 Å². The molecule has 0 saturated heterocycles. The van der Waals surface area contributed by atoms with Crippen LogP contribution in [0.3, 0.4) is 0 Å². The molecule has 3 N–H and O–H groups in total. The lowest BCUT2D eigenvalue weighted by molar-refractivity contribution is -0.136. The molecule has 2 amide bonds. The number of rotatable bonds is 5. The molecule has 1 aromatic carbocycles. The predicted molar refractivity (Wildman–Crippen MR) is 86.6 cm³/mol. The quantitative estimate of drug-likeness (QED) is 0.720. The van der Waals surface area contributed by atoms with Crippen molar-refractivity contribution in [3.05, 3.63) is 29.3 Å². The minimum absolute atomic E-state index is 0.0347. The highest BCUT2D eigenvalue weighted by Gasteiger charge is 2.22. The molecule has 0 aliphatic carbocycles. The van der Waals surface area contributed by atoms with Crippen molar-refractivity contribution in [1.82, 2.24) is 5.32 Å². The number of benzene rings is 1. The van der Waals surface area contributed by atoms with E-state index in [1.807, 2.05) is 32.2 Å². The van der Waals surface area contributed by atoms with Gasteiger partial charge in [0.05, 0.1) is 5.60 Å². The van der Waals surface area contributed by atoms with Crippen molar-refractivity contribution in [2.75, 3.05) is 23.9 Å². The van der Waals surface area contributed by atoms with Gasteiger partial charge in [0.15, 0.2) is 0 Å². The van der Waals surface area contributed by atoms with Crippen molar-refractivity contribution in [2.45, 2.75) is 26.4 Å². The largest absolute Gasteiger partial charge is 0.387 e. The number of thioether (sulfide) groups is 1. The van der Waals surface area contributed by atoms with E-state index in [1.54, 1.807) is 13.0 Å². The highest BCUT2D eigenvalue weighted by Crippen LogP contribution is 2.14. The zero-order chi connectivity index (χ0) is 16.0. The third-order valence-corrected chi connectivity index (χ3v) is 3.97. The molecule has 21 heavy (non-hydrogen) atoms. The van der Waals surface area contributed by atoms with Gasteiger partial charge in [-0.15, -0.1) is 0 Å². The molecule has 0 radical (unpaired) electrons. The first kappa shape index (κ1) is 17.5. The molecule has 0 spiro atoms. The van der Waals surface area contributed by atoms with Gasteiger partial charge in [0.2, 0.25) is 0 Å². The van der Waals surface area contributed by atoms with Crippen molar-refractivity contribution in [3.8, 4) is 0 Å². The van der Waals surface area contributed by atoms with Crippen LogP contribution in [-0.2, 0) is 9.59 Å². The molecule has 1 rings (SSSR count). The zero-order valence-corrected chi connectivity index (χ0v) is 13.6. The van der Waals surface area contributed by atoms with Crippen LogP contribution in [-0.4, -0.2) is 41.1 Å². The summed E-state index contributed by atoms with van der Waals surface area (Å²) in [5, 5.41) is 14.9. The lowest BCUT2D eigenvalue weighted by atomic mass is 10.1. The Bertz CT molecular complexity index is 530. The summed E-state index contributed by atoms with van der Waals surface area (Å²) >= 11 is 1.47. The Balaban J connectivity index is 2.55. The number of carbonyl (C=O) groups excluding carboxylic acids is 2. The van der Waals surface area contributed by atoms with Crippen LogP contribution in [0.2, 0.25) is 0 Å². The monoisotopic (exact) mass is 310 g/mol. The molecule has 0 aliphatic rings. The SMILES string of the molecule is CSCC(C)(O)CNC(=O)C(=O)Nc1ccc(C)c(C)c1. The maximum absolute atomic E-state index is 11.8. The van der Waals surface area contributed by atoms with Gasteiger partial charge in [-0.25, -0.2) is 0 Å². The third-order valence-electron chi connectivity index (χ3n) is 3.06. The zero-order valence-electron chi connectivity index (χ0n) is 12.8. The molecule has 1 unspecified atom stereocenters.